The van der Waals surface area contributed by atoms with E-state index in [1.165, 1.54) is 6.33 Å². The summed E-state index contributed by atoms with van der Waals surface area (Å²) in [5.41, 5.74) is 6.62. The van der Waals surface area contributed by atoms with Crippen molar-refractivity contribution in [3.05, 3.63) is 28.4 Å². The third-order valence-corrected chi connectivity index (χ3v) is 2.58. The molecule has 70 valence electrons. The molecular formula is C9H13N3O. The van der Waals surface area contributed by atoms with Crippen molar-refractivity contribution in [2.24, 2.45) is 5.73 Å². The molecule has 13 heavy (non-hydrogen) atoms. The number of hydrogen-bond acceptors (Lipinski definition) is 3. The minimum atomic E-state index is -0.0424. The Balaban J connectivity index is 2.02. The summed E-state index contributed by atoms with van der Waals surface area (Å²) in [6, 6.07) is 0. The molecule has 1 aromatic heterocycles. The average Bonchev–Trinajstić information content (AvgIpc) is 2.83. The quantitative estimate of drug-likeness (QED) is 0.696. The summed E-state index contributed by atoms with van der Waals surface area (Å²) in [6.45, 7) is 0. The number of H-pyrrole nitrogens is 1. The van der Waals surface area contributed by atoms with Crippen LogP contribution in [0.15, 0.2) is 17.3 Å². The second kappa shape index (κ2) is 2.96. The van der Waals surface area contributed by atoms with Gasteiger partial charge in [-0.1, -0.05) is 0 Å². The predicted molar refractivity (Wildman–Crippen MR) is 49.3 cm³/mol. The maximum Gasteiger partial charge on any atom is 0.253 e. The number of nitrogens with zero attached hydrogens (tertiary/aromatic N) is 1. The minimum absolute atomic E-state index is 0.0162. The molecular weight excluding hydrogens is 166 g/mol. The Labute approximate surface area is 76.2 Å². The fraction of sp³-hybridized carbons (Fsp3) is 0.556. The van der Waals surface area contributed by atoms with Gasteiger partial charge in [0, 0.05) is 17.3 Å². The number of aryl methyl sites for hydroxylation is 1. The van der Waals surface area contributed by atoms with E-state index in [1.807, 2.05) is 0 Å². The van der Waals surface area contributed by atoms with E-state index in [1.54, 1.807) is 6.20 Å². The van der Waals surface area contributed by atoms with Crippen molar-refractivity contribution in [1.29, 1.82) is 0 Å². The predicted octanol–water partition coefficient (Wildman–Crippen LogP) is 0.194. The second-order valence-electron chi connectivity index (χ2n) is 3.77. The summed E-state index contributed by atoms with van der Waals surface area (Å²) < 4.78 is 0. The van der Waals surface area contributed by atoms with Crippen LogP contribution in [0, 0.1) is 0 Å². The average molecular weight is 179 g/mol. The van der Waals surface area contributed by atoms with Crippen molar-refractivity contribution < 1.29 is 0 Å². The molecule has 1 aliphatic rings. The second-order valence-corrected chi connectivity index (χ2v) is 3.77. The lowest BCUT2D eigenvalue weighted by molar-refractivity contribution is 0.606. The number of rotatable bonds is 3. The van der Waals surface area contributed by atoms with E-state index >= 15 is 0 Å². The highest BCUT2D eigenvalue weighted by molar-refractivity contribution is 5.07. The lowest BCUT2D eigenvalue weighted by Crippen LogP contribution is -2.24. The van der Waals surface area contributed by atoms with Gasteiger partial charge < -0.3 is 10.7 Å². The molecule has 0 saturated heterocycles. The van der Waals surface area contributed by atoms with Crippen LogP contribution < -0.4 is 11.3 Å². The minimum Gasteiger partial charge on any atom is -0.325 e. The van der Waals surface area contributed by atoms with Gasteiger partial charge in [0.15, 0.2) is 0 Å². The van der Waals surface area contributed by atoms with Crippen LogP contribution >= 0.6 is 0 Å². The number of aromatic nitrogens is 2. The molecule has 1 heterocycles. The van der Waals surface area contributed by atoms with Crippen molar-refractivity contribution in [3.8, 4) is 0 Å². The van der Waals surface area contributed by atoms with Gasteiger partial charge in [0.1, 0.15) is 0 Å². The van der Waals surface area contributed by atoms with E-state index in [2.05, 4.69) is 9.97 Å². The topological polar surface area (TPSA) is 71.8 Å². The number of aromatic amines is 1. The lowest BCUT2D eigenvalue weighted by Gasteiger charge is -2.06. The molecule has 1 fully saturated rings. The number of hydrogen-bond donors (Lipinski definition) is 2. The van der Waals surface area contributed by atoms with Gasteiger partial charge in [-0.3, -0.25) is 4.79 Å². The Bertz CT molecular complexity index is 354. The highest BCUT2D eigenvalue weighted by Crippen LogP contribution is 2.36. The molecule has 0 radical (unpaired) electrons. The van der Waals surface area contributed by atoms with Crippen LogP contribution in [0.3, 0.4) is 0 Å². The number of nitrogens with two attached hydrogens (primary N) is 1. The SMILES string of the molecule is NC1(CCc2cnc[nH]c2=O)CC1. The summed E-state index contributed by atoms with van der Waals surface area (Å²) in [5.74, 6) is 0. The highest BCUT2D eigenvalue weighted by Gasteiger charge is 2.37. The van der Waals surface area contributed by atoms with Crippen molar-refractivity contribution >= 4 is 0 Å². The summed E-state index contributed by atoms with van der Waals surface area (Å²) in [7, 11) is 0. The standard InChI is InChI=1S/C9H13N3O/c10-9(3-4-9)2-1-7-5-11-6-12-8(7)13/h5-6H,1-4,10H2,(H,11,12,13). The Kier molecular flexibility index (Phi) is 1.92. The van der Waals surface area contributed by atoms with Crippen LogP contribution in [0.5, 0.6) is 0 Å². The summed E-state index contributed by atoms with van der Waals surface area (Å²) in [4.78, 5) is 17.6. The molecule has 2 rings (SSSR count). The molecule has 0 aliphatic heterocycles. The molecule has 0 aromatic carbocycles. The van der Waals surface area contributed by atoms with Crippen LogP contribution in [0.25, 0.3) is 0 Å². The summed E-state index contributed by atoms with van der Waals surface area (Å²) in [5, 5.41) is 0. The zero-order valence-corrected chi connectivity index (χ0v) is 7.42. The maximum atomic E-state index is 11.2. The first-order chi connectivity index (χ1) is 6.20. The van der Waals surface area contributed by atoms with Crippen molar-refractivity contribution in [2.45, 2.75) is 31.2 Å². The third kappa shape index (κ3) is 1.95. The molecule has 1 aromatic rings. The van der Waals surface area contributed by atoms with Crippen LogP contribution in [0.2, 0.25) is 0 Å². The molecule has 4 heteroatoms. The lowest BCUT2D eigenvalue weighted by atomic mass is 10.1. The Morgan fingerprint density at radius 2 is 2.38 bits per heavy atom. The fourth-order valence-electron chi connectivity index (χ4n) is 1.35. The zero-order chi connectivity index (χ0) is 9.31. The van der Waals surface area contributed by atoms with Gasteiger partial charge in [-0.05, 0) is 25.7 Å². The smallest absolute Gasteiger partial charge is 0.253 e. The first-order valence-corrected chi connectivity index (χ1v) is 4.50. The first-order valence-electron chi connectivity index (χ1n) is 4.50. The van der Waals surface area contributed by atoms with Crippen molar-refractivity contribution in [2.75, 3.05) is 0 Å². The molecule has 0 unspecified atom stereocenters. The first kappa shape index (κ1) is 8.44. The van der Waals surface area contributed by atoms with Gasteiger partial charge in [0.25, 0.3) is 5.56 Å². The maximum absolute atomic E-state index is 11.2. The normalized spacial score (nSPS) is 18.5. The fourth-order valence-corrected chi connectivity index (χ4v) is 1.35. The van der Waals surface area contributed by atoms with E-state index in [4.69, 9.17) is 5.73 Å². The van der Waals surface area contributed by atoms with Gasteiger partial charge in [-0.2, -0.15) is 0 Å². The van der Waals surface area contributed by atoms with E-state index < -0.39 is 0 Å². The summed E-state index contributed by atoms with van der Waals surface area (Å²) in [6.07, 6.45) is 6.82. The molecule has 4 nitrogen and oxygen atoms in total. The van der Waals surface area contributed by atoms with Crippen LogP contribution in [-0.2, 0) is 6.42 Å². The molecule has 0 atom stereocenters. The van der Waals surface area contributed by atoms with Gasteiger partial charge in [-0.15, -0.1) is 0 Å². The van der Waals surface area contributed by atoms with Gasteiger partial charge in [0.05, 0.1) is 6.33 Å². The molecule has 3 N–H and O–H groups in total. The molecule has 1 aliphatic carbocycles. The Hall–Kier alpha value is -1.16. The van der Waals surface area contributed by atoms with Crippen LogP contribution in [0.4, 0.5) is 0 Å². The van der Waals surface area contributed by atoms with Crippen LogP contribution in [-0.4, -0.2) is 15.5 Å². The largest absolute Gasteiger partial charge is 0.325 e. The van der Waals surface area contributed by atoms with E-state index in [-0.39, 0.29) is 11.1 Å². The Morgan fingerprint density at radius 3 is 3.00 bits per heavy atom. The van der Waals surface area contributed by atoms with Gasteiger partial charge >= 0.3 is 0 Å². The van der Waals surface area contributed by atoms with Crippen molar-refractivity contribution in [3.63, 3.8) is 0 Å². The van der Waals surface area contributed by atoms with E-state index in [0.717, 1.165) is 31.2 Å². The molecule has 0 spiro atoms. The van der Waals surface area contributed by atoms with Gasteiger partial charge in [-0.25, -0.2) is 4.98 Å². The van der Waals surface area contributed by atoms with Gasteiger partial charge in [0.2, 0.25) is 0 Å². The molecule has 0 amide bonds. The van der Waals surface area contributed by atoms with E-state index in [0.29, 0.717) is 0 Å². The monoisotopic (exact) mass is 179 g/mol. The molecule has 0 bridgehead atoms. The van der Waals surface area contributed by atoms with E-state index in [9.17, 15) is 4.79 Å². The Morgan fingerprint density at radius 1 is 1.62 bits per heavy atom. The highest BCUT2D eigenvalue weighted by atomic mass is 16.1. The summed E-state index contributed by atoms with van der Waals surface area (Å²) >= 11 is 0. The van der Waals surface area contributed by atoms with Crippen LogP contribution in [0.1, 0.15) is 24.8 Å². The molecule has 1 saturated carbocycles. The third-order valence-electron chi connectivity index (χ3n) is 2.58. The number of nitrogens with one attached hydrogen (secondary N) is 1. The van der Waals surface area contributed by atoms with Crippen molar-refractivity contribution in [1.82, 2.24) is 9.97 Å². The zero-order valence-electron chi connectivity index (χ0n) is 7.42.